The minimum atomic E-state index is -1.57. The summed E-state index contributed by atoms with van der Waals surface area (Å²) < 4.78 is 1.49. The van der Waals surface area contributed by atoms with E-state index >= 15 is 0 Å². The van der Waals surface area contributed by atoms with Crippen LogP contribution in [0, 0.1) is 6.92 Å². The molecule has 0 fully saturated rings. The van der Waals surface area contributed by atoms with Gasteiger partial charge in [0, 0.05) is 12.6 Å². The van der Waals surface area contributed by atoms with Crippen molar-refractivity contribution in [2.24, 2.45) is 7.05 Å². The second kappa shape index (κ2) is 4.76. The topological polar surface area (TPSA) is 62.5 Å². The molecule has 4 nitrogen and oxygen atoms in total. The van der Waals surface area contributed by atoms with E-state index in [1.807, 2.05) is 19.1 Å². The summed E-state index contributed by atoms with van der Waals surface area (Å²) in [5.74, 6) is -0.135. The largest absolute Gasteiger partial charge is 0.363 e. The monoisotopic (exact) mass is 245 g/mol. The number of aromatic nitrogens is 1. The molecule has 94 valence electrons. The van der Waals surface area contributed by atoms with Crippen molar-refractivity contribution in [1.82, 2.24) is 4.57 Å². The van der Waals surface area contributed by atoms with Gasteiger partial charge in [-0.15, -0.1) is 0 Å². The summed E-state index contributed by atoms with van der Waals surface area (Å²) in [4.78, 5) is 12.2. The van der Waals surface area contributed by atoms with E-state index in [-0.39, 0.29) is 5.78 Å². The van der Waals surface area contributed by atoms with Gasteiger partial charge in [0.1, 0.15) is 0 Å². The molecule has 2 aromatic rings. The van der Waals surface area contributed by atoms with Crippen molar-refractivity contribution in [3.05, 3.63) is 58.9 Å². The maximum Gasteiger partial charge on any atom is 0.209 e. The zero-order valence-electron chi connectivity index (χ0n) is 10.3. The quantitative estimate of drug-likeness (QED) is 0.637. The lowest BCUT2D eigenvalue weighted by Gasteiger charge is -2.08. The third-order valence-electron chi connectivity index (χ3n) is 2.97. The molecule has 0 radical (unpaired) electrons. The fourth-order valence-corrected chi connectivity index (χ4v) is 1.87. The van der Waals surface area contributed by atoms with E-state index in [0.29, 0.717) is 17.0 Å². The van der Waals surface area contributed by atoms with E-state index in [1.54, 1.807) is 25.2 Å². The number of nitrogens with zero attached hydrogens (tertiary/aromatic N) is 1. The molecule has 1 aromatic carbocycles. The van der Waals surface area contributed by atoms with Crippen LogP contribution >= 0.6 is 0 Å². The lowest BCUT2D eigenvalue weighted by Crippen LogP contribution is -2.11. The Morgan fingerprint density at radius 2 is 1.72 bits per heavy atom. The Morgan fingerprint density at radius 1 is 1.11 bits per heavy atom. The summed E-state index contributed by atoms with van der Waals surface area (Å²) in [5, 5.41) is 18.3. The van der Waals surface area contributed by atoms with E-state index in [2.05, 4.69) is 0 Å². The zero-order chi connectivity index (χ0) is 13.3. The van der Waals surface area contributed by atoms with Gasteiger partial charge in [0.15, 0.2) is 6.29 Å². The molecule has 1 aromatic heterocycles. The fourth-order valence-electron chi connectivity index (χ4n) is 1.87. The fraction of sp³-hybridized carbons (Fsp3) is 0.214. The van der Waals surface area contributed by atoms with E-state index < -0.39 is 6.29 Å². The number of carbonyl (C=O) groups excluding carboxylic acids is 1. The van der Waals surface area contributed by atoms with Crippen molar-refractivity contribution in [3.63, 3.8) is 0 Å². The number of aliphatic hydroxyl groups is 2. The maximum atomic E-state index is 12.2. The van der Waals surface area contributed by atoms with Gasteiger partial charge in [-0.05, 0) is 19.1 Å². The number of hydrogen-bond acceptors (Lipinski definition) is 3. The third-order valence-corrected chi connectivity index (χ3v) is 2.97. The number of ketones is 1. The summed E-state index contributed by atoms with van der Waals surface area (Å²) >= 11 is 0. The standard InChI is InChI=1S/C14H15NO3/c1-9-3-5-10(6-4-9)13(16)11-7-8-12(14(17)18)15(11)2/h3-8,14,17-18H,1-2H3. The van der Waals surface area contributed by atoms with Gasteiger partial charge in [-0.25, -0.2) is 0 Å². The first-order valence-corrected chi connectivity index (χ1v) is 5.64. The number of hydrogen-bond donors (Lipinski definition) is 2. The molecule has 4 heteroatoms. The summed E-state index contributed by atoms with van der Waals surface area (Å²) in [6.07, 6.45) is -1.57. The van der Waals surface area contributed by atoms with Crippen LogP contribution in [0.1, 0.15) is 33.6 Å². The molecule has 0 unspecified atom stereocenters. The lowest BCUT2D eigenvalue weighted by molar-refractivity contribution is -0.0478. The number of rotatable bonds is 3. The SMILES string of the molecule is Cc1ccc(C(=O)c2ccc(C(O)O)n2C)cc1. The number of aliphatic hydroxyl groups excluding tert-OH is 1. The van der Waals surface area contributed by atoms with E-state index in [9.17, 15) is 4.79 Å². The first kappa shape index (κ1) is 12.5. The number of aryl methyl sites for hydroxylation is 1. The molecule has 0 saturated heterocycles. The molecule has 0 spiro atoms. The van der Waals surface area contributed by atoms with Crippen LogP contribution in [-0.2, 0) is 7.05 Å². The Bertz CT molecular complexity index is 567. The van der Waals surface area contributed by atoms with Crippen LogP contribution in [0.4, 0.5) is 0 Å². The molecule has 0 saturated carbocycles. The molecule has 1 heterocycles. The third kappa shape index (κ3) is 2.20. The van der Waals surface area contributed by atoms with Crippen molar-refractivity contribution in [1.29, 1.82) is 0 Å². The van der Waals surface area contributed by atoms with Crippen molar-refractivity contribution in [3.8, 4) is 0 Å². The highest BCUT2D eigenvalue weighted by atomic mass is 16.5. The smallest absolute Gasteiger partial charge is 0.209 e. The van der Waals surface area contributed by atoms with E-state index in [0.717, 1.165) is 5.56 Å². The van der Waals surface area contributed by atoms with Crippen LogP contribution in [0.2, 0.25) is 0 Å². The van der Waals surface area contributed by atoms with Gasteiger partial charge >= 0.3 is 0 Å². The lowest BCUT2D eigenvalue weighted by atomic mass is 10.1. The molecule has 0 bridgehead atoms. The van der Waals surface area contributed by atoms with Crippen LogP contribution in [0.15, 0.2) is 36.4 Å². The Balaban J connectivity index is 2.37. The molecule has 0 atom stereocenters. The van der Waals surface area contributed by atoms with Gasteiger partial charge in [-0.1, -0.05) is 29.8 Å². The zero-order valence-corrected chi connectivity index (χ0v) is 10.3. The highest BCUT2D eigenvalue weighted by molar-refractivity contribution is 6.08. The summed E-state index contributed by atoms with van der Waals surface area (Å²) in [6, 6.07) is 10.4. The molecule has 2 rings (SSSR count). The van der Waals surface area contributed by atoms with Gasteiger partial charge in [0.25, 0.3) is 0 Å². The highest BCUT2D eigenvalue weighted by Gasteiger charge is 2.16. The van der Waals surface area contributed by atoms with E-state index in [4.69, 9.17) is 10.2 Å². The normalized spacial score (nSPS) is 10.9. The first-order valence-electron chi connectivity index (χ1n) is 5.64. The van der Waals surface area contributed by atoms with Gasteiger partial charge in [0.2, 0.25) is 5.78 Å². The Morgan fingerprint density at radius 3 is 2.22 bits per heavy atom. The molecule has 0 aliphatic heterocycles. The highest BCUT2D eigenvalue weighted by Crippen LogP contribution is 2.17. The first-order chi connectivity index (χ1) is 8.50. The molecular weight excluding hydrogens is 230 g/mol. The Labute approximate surface area is 105 Å². The average molecular weight is 245 g/mol. The van der Waals surface area contributed by atoms with Gasteiger partial charge in [-0.2, -0.15) is 0 Å². The van der Waals surface area contributed by atoms with Crippen LogP contribution in [0.3, 0.4) is 0 Å². The predicted molar refractivity (Wildman–Crippen MR) is 67.2 cm³/mol. The summed E-state index contributed by atoms with van der Waals surface area (Å²) in [6.45, 7) is 1.96. The van der Waals surface area contributed by atoms with Crippen LogP contribution in [0.25, 0.3) is 0 Å². The molecule has 18 heavy (non-hydrogen) atoms. The second-order valence-electron chi connectivity index (χ2n) is 4.27. The van der Waals surface area contributed by atoms with Gasteiger partial charge in [-0.3, -0.25) is 4.79 Å². The predicted octanol–water partition coefficient (Wildman–Crippen LogP) is 1.55. The minimum Gasteiger partial charge on any atom is -0.363 e. The van der Waals surface area contributed by atoms with Crippen molar-refractivity contribution >= 4 is 5.78 Å². The van der Waals surface area contributed by atoms with Gasteiger partial charge < -0.3 is 14.8 Å². The maximum absolute atomic E-state index is 12.2. The molecule has 0 aliphatic rings. The van der Waals surface area contributed by atoms with Gasteiger partial charge in [0.05, 0.1) is 11.4 Å². The number of benzene rings is 1. The molecule has 0 amide bonds. The molecule has 2 N–H and O–H groups in total. The summed E-state index contributed by atoms with van der Waals surface area (Å²) in [7, 11) is 1.64. The average Bonchev–Trinajstić information content (AvgIpc) is 2.71. The van der Waals surface area contributed by atoms with E-state index in [1.165, 1.54) is 10.6 Å². The summed E-state index contributed by atoms with van der Waals surface area (Å²) in [5.41, 5.74) is 2.40. The molecular formula is C14H15NO3. The Kier molecular flexibility index (Phi) is 3.32. The van der Waals surface area contributed by atoms with Crippen molar-refractivity contribution in [2.45, 2.75) is 13.2 Å². The van der Waals surface area contributed by atoms with Crippen molar-refractivity contribution in [2.75, 3.05) is 0 Å². The van der Waals surface area contributed by atoms with Crippen LogP contribution in [-0.4, -0.2) is 20.6 Å². The number of carbonyl (C=O) groups is 1. The molecule has 0 aliphatic carbocycles. The minimum absolute atomic E-state index is 0.135. The Hall–Kier alpha value is -1.91. The van der Waals surface area contributed by atoms with Crippen LogP contribution < -0.4 is 0 Å². The second-order valence-corrected chi connectivity index (χ2v) is 4.27. The van der Waals surface area contributed by atoms with Crippen molar-refractivity contribution < 1.29 is 15.0 Å². The van der Waals surface area contributed by atoms with Crippen LogP contribution in [0.5, 0.6) is 0 Å².